The lowest BCUT2D eigenvalue weighted by atomic mass is 9.71. The SMILES string of the molecule is CC1=C(CCN2CCc3nc(-c4ccc(C(F)(F)F)cc4)ncc3C2)C(C)(C)CCC1. The number of hydrogen-bond donors (Lipinski definition) is 0. The maximum atomic E-state index is 12.8. The Kier molecular flexibility index (Phi) is 5.95. The van der Waals surface area contributed by atoms with Crippen molar-refractivity contribution in [1.29, 1.82) is 0 Å². The minimum Gasteiger partial charge on any atom is -0.298 e. The summed E-state index contributed by atoms with van der Waals surface area (Å²) in [5, 5.41) is 0. The summed E-state index contributed by atoms with van der Waals surface area (Å²) in [5.41, 5.74) is 5.58. The molecule has 1 aromatic heterocycles. The van der Waals surface area contributed by atoms with Gasteiger partial charge in [0.05, 0.1) is 11.3 Å². The lowest BCUT2D eigenvalue weighted by molar-refractivity contribution is -0.137. The molecule has 2 heterocycles. The molecule has 0 amide bonds. The fraction of sp³-hybridized carbons (Fsp3) is 0.520. The Labute approximate surface area is 182 Å². The van der Waals surface area contributed by atoms with Gasteiger partial charge in [0.25, 0.3) is 0 Å². The summed E-state index contributed by atoms with van der Waals surface area (Å²) in [6, 6.07) is 5.07. The van der Waals surface area contributed by atoms with Crippen LogP contribution >= 0.6 is 0 Å². The summed E-state index contributed by atoms with van der Waals surface area (Å²) in [6.45, 7) is 9.84. The molecule has 0 atom stereocenters. The monoisotopic (exact) mass is 429 g/mol. The molecule has 2 aliphatic rings. The maximum Gasteiger partial charge on any atom is 0.416 e. The second-order valence-electron chi connectivity index (χ2n) is 9.51. The molecule has 4 rings (SSSR count). The summed E-state index contributed by atoms with van der Waals surface area (Å²) in [7, 11) is 0. The van der Waals surface area contributed by atoms with Gasteiger partial charge in [0.15, 0.2) is 5.82 Å². The van der Waals surface area contributed by atoms with Gasteiger partial charge in [-0.1, -0.05) is 37.1 Å². The zero-order valence-electron chi connectivity index (χ0n) is 18.5. The summed E-state index contributed by atoms with van der Waals surface area (Å²) < 4.78 is 38.4. The van der Waals surface area contributed by atoms with E-state index in [1.165, 1.54) is 31.4 Å². The molecule has 0 saturated carbocycles. The van der Waals surface area contributed by atoms with Crippen LogP contribution in [0.1, 0.15) is 63.3 Å². The normalized spacial score (nSPS) is 19.4. The second kappa shape index (κ2) is 8.38. The van der Waals surface area contributed by atoms with Gasteiger partial charge in [-0.3, -0.25) is 4.90 Å². The predicted octanol–water partition coefficient (Wildman–Crippen LogP) is 6.44. The van der Waals surface area contributed by atoms with Gasteiger partial charge in [-0.2, -0.15) is 13.2 Å². The van der Waals surface area contributed by atoms with Gasteiger partial charge >= 0.3 is 6.18 Å². The highest BCUT2D eigenvalue weighted by molar-refractivity contribution is 5.56. The van der Waals surface area contributed by atoms with E-state index in [1.54, 1.807) is 11.1 Å². The van der Waals surface area contributed by atoms with Crippen molar-refractivity contribution >= 4 is 0 Å². The molecule has 6 heteroatoms. The van der Waals surface area contributed by atoms with Crippen molar-refractivity contribution in [2.45, 2.75) is 65.6 Å². The molecule has 0 N–H and O–H groups in total. The van der Waals surface area contributed by atoms with Crippen molar-refractivity contribution < 1.29 is 13.2 Å². The number of allylic oxidation sites excluding steroid dienone is 1. The molecule has 166 valence electrons. The van der Waals surface area contributed by atoms with E-state index >= 15 is 0 Å². The summed E-state index contributed by atoms with van der Waals surface area (Å²) in [4.78, 5) is 11.6. The Morgan fingerprint density at radius 2 is 1.84 bits per heavy atom. The van der Waals surface area contributed by atoms with E-state index in [4.69, 9.17) is 0 Å². The number of benzene rings is 1. The Balaban J connectivity index is 1.43. The van der Waals surface area contributed by atoms with Crippen LogP contribution in [-0.4, -0.2) is 28.0 Å². The Hall–Kier alpha value is -2.21. The number of hydrogen-bond acceptors (Lipinski definition) is 3. The number of halogens is 3. The van der Waals surface area contributed by atoms with E-state index < -0.39 is 11.7 Å². The summed E-state index contributed by atoms with van der Waals surface area (Å²) in [6.07, 6.45) is 3.24. The van der Waals surface area contributed by atoms with Crippen LogP contribution < -0.4 is 0 Å². The Bertz CT molecular complexity index is 974. The number of nitrogens with zero attached hydrogens (tertiary/aromatic N) is 3. The standard InChI is InChI=1S/C25H30F3N3/c1-17-5-4-12-24(2,3)21(17)10-13-31-14-11-22-19(16-31)15-29-23(30-22)18-6-8-20(9-7-18)25(26,27)28/h6-9,15H,4-5,10-14,16H2,1-3H3. The van der Waals surface area contributed by atoms with Crippen LogP contribution in [0.4, 0.5) is 13.2 Å². The average Bonchev–Trinajstić information content (AvgIpc) is 2.72. The first-order valence-corrected chi connectivity index (χ1v) is 11.1. The van der Waals surface area contributed by atoms with Crippen LogP contribution in [0.25, 0.3) is 11.4 Å². The van der Waals surface area contributed by atoms with Crippen molar-refractivity contribution in [3.05, 3.63) is 58.4 Å². The van der Waals surface area contributed by atoms with Gasteiger partial charge in [0.2, 0.25) is 0 Å². The molecule has 0 saturated heterocycles. The highest BCUT2D eigenvalue weighted by Gasteiger charge is 2.30. The number of fused-ring (bicyclic) bond motifs is 1. The van der Waals surface area contributed by atoms with E-state index in [1.807, 2.05) is 6.20 Å². The van der Waals surface area contributed by atoms with Gasteiger partial charge in [-0.15, -0.1) is 0 Å². The third kappa shape index (κ3) is 4.84. The number of alkyl halides is 3. The van der Waals surface area contributed by atoms with Crippen LogP contribution in [0.2, 0.25) is 0 Å². The van der Waals surface area contributed by atoms with Crippen molar-refractivity contribution in [1.82, 2.24) is 14.9 Å². The Morgan fingerprint density at radius 1 is 1.10 bits per heavy atom. The van der Waals surface area contributed by atoms with E-state index in [-0.39, 0.29) is 0 Å². The lowest BCUT2D eigenvalue weighted by Gasteiger charge is -2.36. The highest BCUT2D eigenvalue weighted by atomic mass is 19.4. The Morgan fingerprint density at radius 3 is 2.52 bits per heavy atom. The molecule has 0 radical (unpaired) electrons. The first kappa shape index (κ1) is 22.0. The maximum absolute atomic E-state index is 12.8. The van der Waals surface area contributed by atoms with Crippen LogP contribution in [0, 0.1) is 5.41 Å². The van der Waals surface area contributed by atoms with Crippen LogP contribution in [0.15, 0.2) is 41.6 Å². The molecule has 0 fully saturated rings. The van der Waals surface area contributed by atoms with Gasteiger partial charge < -0.3 is 0 Å². The molecule has 3 nitrogen and oxygen atoms in total. The van der Waals surface area contributed by atoms with Crippen LogP contribution in [0.5, 0.6) is 0 Å². The molecule has 0 bridgehead atoms. The first-order valence-electron chi connectivity index (χ1n) is 11.1. The van der Waals surface area contributed by atoms with E-state index in [9.17, 15) is 13.2 Å². The summed E-state index contributed by atoms with van der Waals surface area (Å²) >= 11 is 0. The third-order valence-electron chi connectivity index (χ3n) is 6.85. The summed E-state index contributed by atoms with van der Waals surface area (Å²) in [5.74, 6) is 0.491. The third-order valence-corrected chi connectivity index (χ3v) is 6.85. The molecule has 2 aromatic rings. The van der Waals surface area contributed by atoms with Crippen molar-refractivity contribution in [3.63, 3.8) is 0 Å². The molecule has 0 spiro atoms. The van der Waals surface area contributed by atoms with Gasteiger partial charge in [-0.05, 0) is 50.2 Å². The molecule has 1 aromatic carbocycles. The number of aromatic nitrogens is 2. The minimum atomic E-state index is -4.33. The van der Waals surface area contributed by atoms with Gasteiger partial charge in [-0.25, -0.2) is 9.97 Å². The van der Waals surface area contributed by atoms with Crippen LogP contribution in [0.3, 0.4) is 0 Å². The topological polar surface area (TPSA) is 29.0 Å². The van der Waals surface area contributed by atoms with Gasteiger partial charge in [0, 0.05) is 43.4 Å². The van der Waals surface area contributed by atoms with Crippen molar-refractivity contribution in [2.75, 3.05) is 13.1 Å². The minimum absolute atomic E-state index is 0.301. The largest absolute Gasteiger partial charge is 0.416 e. The molecule has 1 aliphatic heterocycles. The van der Waals surface area contributed by atoms with Crippen molar-refractivity contribution in [3.8, 4) is 11.4 Å². The average molecular weight is 430 g/mol. The molecule has 0 unspecified atom stereocenters. The molecular weight excluding hydrogens is 399 g/mol. The zero-order valence-corrected chi connectivity index (χ0v) is 18.5. The molecular formula is C25H30F3N3. The quantitative estimate of drug-likeness (QED) is 0.524. The smallest absolute Gasteiger partial charge is 0.298 e. The van der Waals surface area contributed by atoms with Crippen molar-refractivity contribution in [2.24, 2.45) is 5.41 Å². The zero-order chi connectivity index (χ0) is 22.2. The van der Waals surface area contributed by atoms with E-state index in [0.29, 0.717) is 16.8 Å². The first-order chi connectivity index (χ1) is 14.6. The van der Waals surface area contributed by atoms with Gasteiger partial charge in [0.1, 0.15) is 0 Å². The van der Waals surface area contributed by atoms with E-state index in [0.717, 1.165) is 55.9 Å². The molecule has 31 heavy (non-hydrogen) atoms. The van der Waals surface area contributed by atoms with Crippen LogP contribution in [-0.2, 0) is 19.1 Å². The van der Waals surface area contributed by atoms with E-state index in [2.05, 4.69) is 35.6 Å². The highest BCUT2D eigenvalue weighted by Crippen LogP contribution is 2.42. The predicted molar refractivity (Wildman–Crippen MR) is 116 cm³/mol. The fourth-order valence-electron chi connectivity index (χ4n) is 5.01. The molecule has 1 aliphatic carbocycles. The second-order valence-corrected chi connectivity index (χ2v) is 9.51. The number of rotatable bonds is 4. The lowest BCUT2D eigenvalue weighted by Crippen LogP contribution is -2.33. The fourth-order valence-corrected chi connectivity index (χ4v) is 5.01.